The van der Waals surface area contributed by atoms with Gasteiger partial charge in [0.05, 0.1) is 18.1 Å². The molecule has 3 unspecified atom stereocenters. The molecular formula is C29H32N4. The summed E-state index contributed by atoms with van der Waals surface area (Å²) in [6, 6.07) is 11.7. The Labute approximate surface area is 196 Å². The van der Waals surface area contributed by atoms with Crippen LogP contribution in [0, 0.1) is 0 Å². The minimum Gasteiger partial charge on any atom is -0.402 e. The third-order valence-corrected chi connectivity index (χ3v) is 7.47. The average molecular weight is 437 g/mol. The highest BCUT2D eigenvalue weighted by molar-refractivity contribution is 5.53. The molecule has 0 spiro atoms. The molecule has 1 aromatic rings. The molecule has 3 aliphatic carbocycles. The summed E-state index contributed by atoms with van der Waals surface area (Å²) in [6.45, 7) is 0. The highest BCUT2D eigenvalue weighted by Crippen LogP contribution is 2.46. The van der Waals surface area contributed by atoms with Crippen molar-refractivity contribution in [2.24, 2.45) is 5.73 Å². The molecule has 0 radical (unpaired) electrons. The second-order valence-corrected chi connectivity index (χ2v) is 9.54. The number of hydrogen-bond acceptors (Lipinski definition) is 4. The van der Waals surface area contributed by atoms with E-state index >= 15 is 0 Å². The lowest BCUT2D eigenvalue weighted by Crippen LogP contribution is -2.43. The molecule has 0 bridgehead atoms. The predicted octanol–water partition coefficient (Wildman–Crippen LogP) is 5.22. The van der Waals surface area contributed by atoms with Crippen LogP contribution in [0.4, 0.5) is 0 Å². The van der Waals surface area contributed by atoms with Gasteiger partial charge in [-0.1, -0.05) is 60.7 Å². The fourth-order valence-corrected chi connectivity index (χ4v) is 5.91. The zero-order chi connectivity index (χ0) is 22.2. The summed E-state index contributed by atoms with van der Waals surface area (Å²) in [5.74, 6) is 1.24. The number of likely N-dealkylation sites (tertiary alicyclic amines) is 1. The van der Waals surface area contributed by atoms with E-state index in [0.29, 0.717) is 12.1 Å². The molecule has 0 saturated carbocycles. The Morgan fingerprint density at radius 1 is 0.939 bits per heavy atom. The monoisotopic (exact) mass is 436 g/mol. The molecule has 168 valence electrons. The average Bonchev–Trinajstić information content (AvgIpc) is 3.21. The Hall–Kier alpha value is -3.40. The summed E-state index contributed by atoms with van der Waals surface area (Å²) in [7, 11) is 0. The first-order valence-electron chi connectivity index (χ1n) is 12.3. The van der Waals surface area contributed by atoms with Crippen LogP contribution in [0.25, 0.3) is 0 Å². The number of nitrogens with zero attached hydrogens (tertiary/aromatic N) is 1. The lowest BCUT2D eigenvalue weighted by atomic mass is 9.86. The standard InChI is InChI=1S/C29H32N4/c30-21-16-18-22(19-17-21)31-25-12-6-14-27-29(25)23-10-4-5-13-26(23)33(27)28-15-7-11-24(32-28)20-8-2-1-3-9-20/h1-5,7-11,15-16,18,24,26-27,31-32H,6,12-14,17,19,30H2. The first-order valence-corrected chi connectivity index (χ1v) is 12.3. The molecule has 1 aromatic carbocycles. The maximum Gasteiger partial charge on any atom is 0.103 e. The first-order chi connectivity index (χ1) is 16.3. The fourth-order valence-electron chi connectivity index (χ4n) is 5.91. The molecule has 3 atom stereocenters. The molecule has 4 nitrogen and oxygen atoms in total. The van der Waals surface area contributed by atoms with Crippen LogP contribution in [0.2, 0.25) is 0 Å². The largest absolute Gasteiger partial charge is 0.402 e. The van der Waals surface area contributed by atoms with Gasteiger partial charge in [0.2, 0.25) is 0 Å². The van der Waals surface area contributed by atoms with E-state index in [2.05, 4.69) is 94.5 Å². The molecule has 33 heavy (non-hydrogen) atoms. The highest BCUT2D eigenvalue weighted by atomic mass is 15.3. The Morgan fingerprint density at radius 3 is 2.70 bits per heavy atom. The molecule has 4 heteroatoms. The molecule has 2 heterocycles. The molecule has 2 aliphatic heterocycles. The Balaban J connectivity index is 1.34. The number of rotatable bonds is 4. The topological polar surface area (TPSA) is 53.3 Å². The summed E-state index contributed by atoms with van der Waals surface area (Å²) >= 11 is 0. The number of benzene rings is 1. The number of nitrogens with one attached hydrogen (secondary N) is 2. The molecule has 4 N–H and O–H groups in total. The Kier molecular flexibility index (Phi) is 5.21. The van der Waals surface area contributed by atoms with Crippen LogP contribution in [-0.4, -0.2) is 17.0 Å². The van der Waals surface area contributed by atoms with Crippen molar-refractivity contribution in [3.63, 3.8) is 0 Å². The van der Waals surface area contributed by atoms with Crippen LogP contribution < -0.4 is 16.4 Å². The van der Waals surface area contributed by atoms with Crippen molar-refractivity contribution in [1.82, 2.24) is 15.5 Å². The summed E-state index contributed by atoms with van der Waals surface area (Å²) < 4.78 is 0. The second-order valence-electron chi connectivity index (χ2n) is 9.54. The van der Waals surface area contributed by atoms with Crippen molar-refractivity contribution in [3.8, 4) is 0 Å². The second kappa shape index (κ2) is 8.51. The van der Waals surface area contributed by atoms with E-state index in [1.165, 1.54) is 46.8 Å². The van der Waals surface area contributed by atoms with Gasteiger partial charge in [0.1, 0.15) is 5.82 Å². The van der Waals surface area contributed by atoms with Gasteiger partial charge in [-0.3, -0.25) is 0 Å². The summed E-state index contributed by atoms with van der Waals surface area (Å²) in [5.41, 5.74) is 14.0. The molecular weight excluding hydrogens is 404 g/mol. The lowest BCUT2D eigenvalue weighted by molar-refractivity contribution is 0.231. The van der Waals surface area contributed by atoms with E-state index in [-0.39, 0.29) is 6.04 Å². The fraction of sp³-hybridized carbons (Fsp3) is 0.310. The minimum atomic E-state index is 0.205. The van der Waals surface area contributed by atoms with Crippen molar-refractivity contribution >= 4 is 0 Å². The third kappa shape index (κ3) is 3.74. The van der Waals surface area contributed by atoms with Crippen LogP contribution in [-0.2, 0) is 0 Å². The van der Waals surface area contributed by atoms with Crippen molar-refractivity contribution in [3.05, 3.63) is 119 Å². The molecule has 6 rings (SSSR count). The third-order valence-electron chi connectivity index (χ3n) is 7.47. The minimum absolute atomic E-state index is 0.205. The van der Waals surface area contributed by atoms with Gasteiger partial charge in [0.25, 0.3) is 0 Å². The van der Waals surface area contributed by atoms with E-state index < -0.39 is 0 Å². The van der Waals surface area contributed by atoms with Gasteiger partial charge < -0.3 is 21.3 Å². The Bertz CT molecular complexity index is 1150. The molecule has 0 amide bonds. The van der Waals surface area contributed by atoms with Crippen LogP contribution in [0.3, 0.4) is 0 Å². The molecule has 1 fully saturated rings. The number of fused-ring (bicyclic) bond motifs is 3. The van der Waals surface area contributed by atoms with E-state index in [0.717, 1.165) is 31.4 Å². The van der Waals surface area contributed by atoms with Gasteiger partial charge in [-0.05, 0) is 73.5 Å². The van der Waals surface area contributed by atoms with Gasteiger partial charge in [-0.25, -0.2) is 0 Å². The smallest absolute Gasteiger partial charge is 0.103 e. The van der Waals surface area contributed by atoms with E-state index in [9.17, 15) is 0 Å². The van der Waals surface area contributed by atoms with Crippen molar-refractivity contribution in [2.75, 3.05) is 0 Å². The summed E-state index contributed by atoms with van der Waals surface area (Å²) in [6.07, 6.45) is 24.4. The predicted molar refractivity (Wildman–Crippen MR) is 134 cm³/mol. The van der Waals surface area contributed by atoms with Crippen LogP contribution >= 0.6 is 0 Å². The van der Waals surface area contributed by atoms with Crippen molar-refractivity contribution in [1.29, 1.82) is 0 Å². The summed E-state index contributed by atoms with van der Waals surface area (Å²) in [4.78, 5) is 2.66. The Morgan fingerprint density at radius 2 is 1.85 bits per heavy atom. The van der Waals surface area contributed by atoms with E-state index in [4.69, 9.17) is 5.73 Å². The number of allylic oxidation sites excluding steroid dienone is 9. The van der Waals surface area contributed by atoms with Crippen molar-refractivity contribution in [2.45, 2.75) is 56.7 Å². The van der Waals surface area contributed by atoms with E-state index in [1.807, 2.05) is 0 Å². The van der Waals surface area contributed by atoms with Crippen LogP contribution in [0.5, 0.6) is 0 Å². The first kappa shape index (κ1) is 20.2. The molecule has 0 aromatic heterocycles. The van der Waals surface area contributed by atoms with Gasteiger partial charge in [0, 0.05) is 17.1 Å². The zero-order valence-electron chi connectivity index (χ0n) is 19.0. The normalized spacial score (nSPS) is 28.2. The van der Waals surface area contributed by atoms with Gasteiger partial charge in [-0.15, -0.1) is 0 Å². The maximum atomic E-state index is 5.99. The summed E-state index contributed by atoms with van der Waals surface area (Å²) in [5, 5.41) is 7.69. The van der Waals surface area contributed by atoms with Crippen LogP contribution in [0.15, 0.2) is 113 Å². The highest BCUT2D eigenvalue weighted by Gasteiger charge is 2.45. The maximum absolute atomic E-state index is 5.99. The van der Waals surface area contributed by atoms with Gasteiger partial charge in [-0.2, -0.15) is 0 Å². The SMILES string of the molecule is NC1=CC=C(NC2=C3C4=CC=CCC4N(C4=CC=CC(c5ccccc5)N4)C3CCC2)CC1. The van der Waals surface area contributed by atoms with Crippen LogP contribution in [0.1, 0.15) is 50.1 Å². The zero-order valence-corrected chi connectivity index (χ0v) is 19.0. The molecule has 1 saturated heterocycles. The van der Waals surface area contributed by atoms with Gasteiger partial charge >= 0.3 is 0 Å². The number of dihydropyridines is 1. The number of hydrogen-bond donors (Lipinski definition) is 3. The molecule has 5 aliphatic rings. The van der Waals surface area contributed by atoms with Gasteiger partial charge in [0.15, 0.2) is 0 Å². The quantitative estimate of drug-likeness (QED) is 0.606. The van der Waals surface area contributed by atoms with E-state index in [1.54, 1.807) is 0 Å². The lowest BCUT2D eigenvalue weighted by Gasteiger charge is -2.38. The van der Waals surface area contributed by atoms with Crippen molar-refractivity contribution < 1.29 is 0 Å². The number of nitrogens with two attached hydrogens (primary N) is 1.